The van der Waals surface area contributed by atoms with E-state index in [1.54, 1.807) is 0 Å². The van der Waals surface area contributed by atoms with E-state index in [0.717, 1.165) is 0 Å². The summed E-state index contributed by atoms with van der Waals surface area (Å²) in [4.78, 5) is 25.5. The van der Waals surface area contributed by atoms with Crippen LogP contribution in [0, 0.1) is 11.8 Å². The highest BCUT2D eigenvalue weighted by molar-refractivity contribution is 5.86. The lowest BCUT2D eigenvalue weighted by Gasteiger charge is -2.35. The second-order valence-corrected chi connectivity index (χ2v) is 5.75. The van der Waals surface area contributed by atoms with Gasteiger partial charge in [0.2, 0.25) is 5.91 Å². The second-order valence-electron chi connectivity index (χ2n) is 5.75. The molecule has 0 radical (unpaired) electrons. The van der Waals surface area contributed by atoms with E-state index in [1.807, 2.05) is 0 Å². The van der Waals surface area contributed by atoms with Crippen molar-refractivity contribution < 1.29 is 27.5 Å². The molecule has 4 nitrogen and oxygen atoms in total. The molecule has 1 aliphatic carbocycles. The van der Waals surface area contributed by atoms with Crippen molar-refractivity contribution >= 4 is 11.9 Å². The number of hydrogen-bond donors (Lipinski definition) is 0. The molecule has 0 spiro atoms. The number of halogens is 3. The molecule has 1 aliphatic heterocycles. The molecule has 21 heavy (non-hydrogen) atoms. The van der Waals surface area contributed by atoms with Crippen molar-refractivity contribution in [1.29, 1.82) is 0 Å². The molecule has 1 saturated carbocycles. The number of esters is 1. The van der Waals surface area contributed by atoms with Gasteiger partial charge in [-0.05, 0) is 25.7 Å². The lowest BCUT2D eigenvalue weighted by Crippen LogP contribution is -2.48. The number of carbonyl (C=O) groups excluding carboxylic acids is 2. The van der Waals surface area contributed by atoms with Crippen LogP contribution in [0.25, 0.3) is 0 Å². The topological polar surface area (TPSA) is 46.6 Å². The Kier molecular flexibility index (Phi) is 4.78. The van der Waals surface area contributed by atoms with Crippen molar-refractivity contribution in [3.05, 3.63) is 0 Å². The van der Waals surface area contributed by atoms with Crippen molar-refractivity contribution in [3.63, 3.8) is 0 Å². The highest BCUT2D eigenvalue weighted by Gasteiger charge is 2.50. The summed E-state index contributed by atoms with van der Waals surface area (Å²) in [6.45, 7) is 0.333. The molecule has 0 aromatic rings. The van der Waals surface area contributed by atoms with E-state index in [1.165, 1.54) is 12.0 Å². The first-order valence-electron chi connectivity index (χ1n) is 7.31. The van der Waals surface area contributed by atoms with E-state index < -0.39 is 35.9 Å². The highest BCUT2D eigenvalue weighted by Crippen LogP contribution is 2.42. The smallest absolute Gasteiger partial charge is 0.392 e. The molecule has 1 amide bonds. The average Bonchev–Trinajstić information content (AvgIpc) is 2.94. The molecule has 2 fully saturated rings. The van der Waals surface area contributed by atoms with E-state index in [9.17, 15) is 22.8 Å². The molecule has 0 bridgehead atoms. The quantitative estimate of drug-likeness (QED) is 0.737. The number of carbonyl (C=O) groups is 2. The summed E-state index contributed by atoms with van der Waals surface area (Å²) >= 11 is 0. The Labute approximate surface area is 121 Å². The monoisotopic (exact) mass is 307 g/mol. The molecular formula is C14H20F3NO3. The number of methoxy groups -OCH3 is 1. The van der Waals surface area contributed by atoms with Crippen LogP contribution in [-0.2, 0) is 14.3 Å². The zero-order chi connectivity index (χ0) is 15.6. The van der Waals surface area contributed by atoms with Gasteiger partial charge in [0.15, 0.2) is 0 Å². The molecule has 0 aromatic carbocycles. The maximum atomic E-state index is 13.1. The maximum absolute atomic E-state index is 13.1. The summed E-state index contributed by atoms with van der Waals surface area (Å²) in [6.07, 6.45) is -1.92. The normalized spacial score (nSPS) is 30.3. The minimum absolute atomic E-state index is 0.00334. The molecule has 3 atom stereocenters. The first kappa shape index (κ1) is 16.1. The Balaban J connectivity index is 2.15. The van der Waals surface area contributed by atoms with E-state index in [-0.39, 0.29) is 12.8 Å². The van der Waals surface area contributed by atoms with Crippen molar-refractivity contribution in [2.75, 3.05) is 13.7 Å². The largest absolute Gasteiger partial charge is 0.467 e. The van der Waals surface area contributed by atoms with Gasteiger partial charge in [-0.15, -0.1) is 0 Å². The summed E-state index contributed by atoms with van der Waals surface area (Å²) < 4.78 is 43.9. The van der Waals surface area contributed by atoms with E-state index in [2.05, 4.69) is 4.74 Å². The lowest BCUT2D eigenvalue weighted by atomic mass is 9.78. The van der Waals surface area contributed by atoms with Gasteiger partial charge < -0.3 is 9.64 Å². The van der Waals surface area contributed by atoms with Gasteiger partial charge in [-0.2, -0.15) is 13.2 Å². The fraction of sp³-hybridized carbons (Fsp3) is 0.857. The Morgan fingerprint density at radius 3 is 2.38 bits per heavy atom. The SMILES string of the molecule is COC(=O)C1CCCN1C(=O)C1CCCCC1C(F)(F)F. The first-order valence-corrected chi connectivity index (χ1v) is 7.31. The summed E-state index contributed by atoms with van der Waals surface area (Å²) in [7, 11) is 1.22. The molecule has 0 N–H and O–H groups in total. The second kappa shape index (κ2) is 6.23. The maximum Gasteiger partial charge on any atom is 0.392 e. The van der Waals surface area contributed by atoms with Gasteiger partial charge in [-0.25, -0.2) is 4.79 Å². The summed E-state index contributed by atoms with van der Waals surface area (Å²) in [5.41, 5.74) is 0. The Hall–Kier alpha value is -1.27. The number of likely N-dealkylation sites (tertiary alicyclic amines) is 1. The van der Waals surface area contributed by atoms with Gasteiger partial charge in [0.25, 0.3) is 0 Å². The number of rotatable bonds is 2. The van der Waals surface area contributed by atoms with Crippen LogP contribution in [-0.4, -0.2) is 42.6 Å². The van der Waals surface area contributed by atoms with Gasteiger partial charge >= 0.3 is 12.1 Å². The Morgan fingerprint density at radius 2 is 1.76 bits per heavy atom. The van der Waals surface area contributed by atoms with Crippen LogP contribution >= 0.6 is 0 Å². The van der Waals surface area contributed by atoms with Crippen LogP contribution in [0.4, 0.5) is 13.2 Å². The van der Waals surface area contributed by atoms with Crippen LogP contribution < -0.4 is 0 Å². The highest BCUT2D eigenvalue weighted by atomic mass is 19.4. The fourth-order valence-electron chi connectivity index (χ4n) is 3.44. The van der Waals surface area contributed by atoms with Gasteiger partial charge in [0, 0.05) is 12.5 Å². The number of hydrogen-bond acceptors (Lipinski definition) is 3. The predicted molar refractivity (Wildman–Crippen MR) is 68.3 cm³/mol. The fourth-order valence-corrected chi connectivity index (χ4v) is 3.44. The molecule has 2 rings (SSSR count). The zero-order valence-electron chi connectivity index (χ0n) is 12.0. The van der Waals surface area contributed by atoms with Crippen molar-refractivity contribution in [1.82, 2.24) is 4.90 Å². The first-order chi connectivity index (χ1) is 9.86. The van der Waals surface area contributed by atoms with Gasteiger partial charge in [0.1, 0.15) is 6.04 Å². The van der Waals surface area contributed by atoms with Crippen LogP contribution in [0.15, 0.2) is 0 Å². The number of ether oxygens (including phenoxy) is 1. The molecule has 1 heterocycles. The van der Waals surface area contributed by atoms with Crippen molar-refractivity contribution in [3.8, 4) is 0 Å². The molecule has 7 heteroatoms. The molecule has 2 aliphatic rings. The molecular weight excluding hydrogens is 287 g/mol. The Morgan fingerprint density at radius 1 is 1.10 bits per heavy atom. The number of nitrogens with zero attached hydrogens (tertiary/aromatic N) is 1. The predicted octanol–water partition coefficient (Wildman–Crippen LogP) is 2.52. The third-order valence-corrected chi connectivity index (χ3v) is 4.51. The molecule has 0 aromatic heterocycles. The number of alkyl halides is 3. The van der Waals surface area contributed by atoms with Crippen LogP contribution in [0.1, 0.15) is 38.5 Å². The minimum Gasteiger partial charge on any atom is -0.467 e. The standard InChI is InChI=1S/C14H20F3NO3/c1-21-13(20)11-7-4-8-18(11)12(19)9-5-2-3-6-10(9)14(15,16)17/h9-11H,2-8H2,1H3. The van der Waals surface area contributed by atoms with Crippen LogP contribution in [0.3, 0.4) is 0 Å². The number of amides is 1. The van der Waals surface area contributed by atoms with Gasteiger partial charge in [0.05, 0.1) is 13.0 Å². The Bertz CT molecular complexity index is 411. The molecule has 1 saturated heterocycles. The van der Waals surface area contributed by atoms with E-state index in [0.29, 0.717) is 32.2 Å². The third-order valence-electron chi connectivity index (χ3n) is 4.51. The average molecular weight is 307 g/mol. The minimum atomic E-state index is -4.36. The summed E-state index contributed by atoms with van der Waals surface area (Å²) in [5, 5.41) is 0. The van der Waals surface area contributed by atoms with Crippen LogP contribution in [0.2, 0.25) is 0 Å². The third kappa shape index (κ3) is 3.32. The molecule has 3 unspecified atom stereocenters. The molecule has 120 valence electrons. The lowest BCUT2D eigenvalue weighted by molar-refractivity contribution is -0.201. The van der Waals surface area contributed by atoms with Crippen molar-refractivity contribution in [2.24, 2.45) is 11.8 Å². The van der Waals surface area contributed by atoms with Gasteiger partial charge in [-0.1, -0.05) is 12.8 Å². The summed E-state index contributed by atoms with van der Waals surface area (Å²) in [6, 6.07) is -0.724. The van der Waals surface area contributed by atoms with Gasteiger partial charge in [-0.3, -0.25) is 4.79 Å². The summed E-state index contributed by atoms with van der Waals surface area (Å²) in [5.74, 6) is -3.72. The van der Waals surface area contributed by atoms with Crippen molar-refractivity contribution in [2.45, 2.75) is 50.7 Å². The van der Waals surface area contributed by atoms with Crippen LogP contribution in [0.5, 0.6) is 0 Å². The van der Waals surface area contributed by atoms with E-state index >= 15 is 0 Å². The van der Waals surface area contributed by atoms with E-state index in [4.69, 9.17) is 0 Å². The zero-order valence-corrected chi connectivity index (χ0v) is 12.0.